The molecule has 3 aromatic heterocycles. The molecule has 2 N–H and O–H groups in total. The molecule has 162 valence electrons. The first-order valence-electron chi connectivity index (χ1n) is 10.00. The van der Waals surface area contributed by atoms with Crippen molar-refractivity contribution in [2.45, 2.75) is 0 Å². The molecule has 0 radical (unpaired) electrons. The van der Waals surface area contributed by atoms with E-state index >= 15 is 0 Å². The Hall–Kier alpha value is -4.50. The van der Waals surface area contributed by atoms with E-state index in [1.807, 2.05) is 46.5 Å². The second-order valence-electron chi connectivity index (χ2n) is 6.95. The molecule has 0 spiro atoms. The molecule has 0 unspecified atom stereocenters. The van der Waals surface area contributed by atoms with Crippen molar-refractivity contribution in [3.8, 4) is 17.3 Å². The van der Waals surface area contributed by atoms with Crippen LogP contribution in [0.4, 0.5) is 17.3 Å². The van der Waals surface area contributed by atoms with Crippen LogP contribution in [0.25, 0.3) is 15.9 Å². The Morgan fingerprint density at radius 3 is 2.76 bits per heavy atom. The van der Waals surface area contributed by atoms with E-state index in [9.17, 15) is 4.79 Å². The molecular weight excluding hydrogens is 436 g/mol. The molecule has 3 heterocycles. The van der Waals surface area contributed by atoms with Gasteiger partial charge in [-0.05, 0) is 53.9 Å². The summed E-state index contributed by atoms with van der Waals surface area (Å²) in [5.41, 5.74) is 3.22. The number of nitrogens with one attached hydrogen (secondary N) is 2. The number of imidazole rings is 1. The van der Waals surface area contributed by atoms with E-state index in [1.54, 1.807) is 36.8 Å². The molecule has 1 amide bonds. The van der Waals surface area contributed by atoms with Crippen molar-refractivity contribution >= 4 is 44.8 Å². The molecule has 0 fully saturated rings. The minimum Gasteiger partial charge on any atom is -0.437 e. The van der Waals surface area contributed by atoms with E-state index < -0.39 is 0 Å². The standard InChI is InChI=1S/C24H18N6O2S/c1-2-21(31)26-17-4-3-5-19(14-17)32-23-22-20(10-13-33-22)28-24(29-23)27-16-6-8-18(9-7-16)30-12-11-25-15-30/h2-15H,1H2,(H,26,31)(H,27,28,29). The zero-order chi connectivity index (χ0) is 22.6. The summed E-state index contributed by atoms with van der Waals surface area (Å²) in [4.78, 5) is 24.9. The van der Waals surface area contributed by atoms with Crippen LogP contribution in [0.3, 0.4) is 0 Å². The average Bonchev–Trinajstić information content (AvgIpc) is 3.52. The molecular formula is C24H18N6O2S. The summed E-state index contributed by atoms with van der Waals surface area (Å²) in [5.74, 6) is 1.10. The minimum atomic E-state index is -0.291. The summed E-state index contributed by atoms with van der Waals surface area (Å²) in [6, 6.07) is 16.9. The molecule has 5 rings (SSSR count). The highest BCUT2D eigenvalue weighted by Gasteiger charge is 2.12. The Bertz CT molecular complexity index is 1430. The van der Waals surface area contributed by atoms with Gasteiger partial charge in [-0.15, -0.1) is 11.3 Å². The van der Waals surface area contributed by atoms with Crippen LogP contribution in [0.15, 0.2) is 91.4 Å². The zero-order valence-electron chi connectivity index (χ0n) is 17.3. The van der Waals surface area contributed by atoms with Gasteiger partial charge < -0.3 is 19.9 Å². The van der Waals surface area contributed by atoms with Gasteiger partial charge in [0.15, 0.2) is 0 Å². The van der Waals surface area contributed by atoms with E-state index in [1.165, 1.54) is 17.4 Å². The lowest BCUT2D eigenvalue weighted by molar-refractivity contribution is -0.111. The summed E-state index contributed by atoms with van der Waals surface area (Å²) >= 11 is 1.50. The summed E-state index contributed by atoms with van der Waals surface area (Å²) < 4.78 is 8.84. The molecule has 8 nitrogen and oxygen atoms in total. The number of benzene rings is 2. The first-order chi connectivity index (χ1) is 16.2. The molecule has 0 aliphatic rings. The second-order valence-corrected chi connectivity index (χ2v) is 7.87. The van der Waals surface area contributed by atoms with Gasteiger partial charge in [0.05, 0.1) is 11.8 Å². The van der Waals surface area contributed by atoms with Crippen molar-refractivity contribution in [1.82, 2.24) is 19.5 Å². The Balaban J connectivity index is 1.40. The second kappa shape index (κ2) is 8.93. The number of carbonyl (C=O) groups excluding carboxylic acids is 1. The van der Waals surface area contributed by atoms with Gasteiger partial charge in [-0.25, -0.2) is 9.97 Å². The van der Waals surface area contributed by atoms with Crippen LogP contribution in [-0.2, 0) is 4.79 Å². The van der Waals surface area contributed by atoms with E-state index in [-0.39, 0.29) is 5.91 Å². The van der Waals surface area contributed by atoms with Crippen LogP contribution in [0, 0.1) is 0 Å². The maximum atomic E-state index is 11.6. The predicted molar refractivity (Wildman–Crippen MR) is 130 cm³/mol. The Kier molecular flexibility index (Phi) is 5.52. The van der Waals surface area contributed by atoms with Gasteiger partial charge in [-0.2, -0.15) is 4.98 Å². The van der Waals surface area contributed by atoms with E-state index in [4.69, 9.17) is 4.74 Å². The number of nitrogens with zero attached hydrogens (tertiary/aromatic N) is 4. The SMILES string of the molecule is C=CC(=O)Nc1cccc(Oc2nc(Nc3ccc(-n4ccnc4)cc3)nc3ccsc23)c1. The molecule has 0 aliphatic carbocycles. The number of rotatable bonds is 7. The van der Waals surface area contributed by atoms with Crippen LogP contribution < -0.4 is 15.4 Å². The highest BCUT2D eigenvalue weighted by atomic mass is 32.1. The average molecular weight is 455 g/mol. The summed E-state index contributed by atoms with van der Waals surface area (Å²) in [7, 11) is 0. The third-order valence-electron chi connectivity index (χ3n) is 4.70. The number of amides is 1. The number of anilines is 3. The number of fused-ring (bicyclic) bond motifs is 1. The monoisotopic (exact) mass is 454 g/mol. The molecule has 0 bridgehead atoms. The molecule has 33 heavy (non-hydrogen) atoms. The lowest BCUT2D eigenvalue weighted by atomic mass is 10.3. The van der Waals surface area contributed by atoms with Gasteiger partial charge in [0.1, 0.15) is 10.4 Å². The number of thiophene rings is 1. The molecule has 5 aromatic rings. The van der Waals surface area contributed by atoms with Gasteiger partial charge in [0.25, 0.3) is 0 Å². The van der Waals surface area contributed by atoms with Gasteiger partial charge in [-0.3, -0.25) is 4.79 Å². The van der Waals surface area contributed by atoms with Crippen LogP contribution in [-0.4, -0.2) is 25.4 Å². The Morgan fingerprint density at radius 1 is 1.09 bits per heavy atom. The molecule has 0 saturated carbocycles. The van der Waals surface area contributed by atoms with E-state index in [0.29, 0.717) is 23.3 Å². The van der Waals surface area contributed by atoms with Crippen molar-refractivity contribution in [2.75, 3.05) is 10.6 Å². The maximum absolute atomic E-state index is 11.6. The highest BCUT2D eigenvalue weighted by molar-refractivity contribution is 7.17. The number of hydrogen-bond acceptors (Lipinski definition) is 7. The number of ether oxygens (including phenoxy) is 1. The minimum absolute atomic E-state index is 0.291. The molecule has 0 saturated heterocycles. The number of carbonyl (C=O) groups is 1. The predicted octanol–water partition coefficient (Wildman–Crippen LogP) is 5.54. The van der Waals surface area contributed by atoms with E-state index in [0.717, 1.165) is 21.6 Å². The molecule has 9 heteroatoms. The smallest absolute Gasteiger partial charge is 0.247 e. The van der Waals surface area contributed by atoms with Crippen LogP contribution >= 0.6 is 11.3 Å². The fourth-order valence-corrected chi connectivity index (χ4v) is 3.92. The molecule has 0 aliphatic heterocycles. The van der Waals surface area contributed by atoms with Gasteiger partial charge in [0.2, 0.25) is 17.7 Å². The summed E-state index contributed by atoms with van der Waals surface area (Å²) in [6.45, 7) is 3.47. The lowest BCUT2D eigenvalue weighted by Gasteiger charge is -2.11. The van der Waals surface area contributed by atoms with Crippen molar-refractivity contribution in [3.63, 3.8) is 0 Å². The first kappa shape index (κ1) is 20.4. The lowest BCUT2D eigenvalue weighted by Crippen LogP contribution is -2.07. The third kappa shape index (κ3) is 4.58. The Morgan fingerprint density at radius 2 is 1.97 bits per heavy atom. The van der Waals surface area contributed by atoms with Gasteiger partial charge >= 0.3 is 0 Å². The Labute approximate surface area is 193 Å². The van der Waals surface area contributed by atoms with Crippen molar-refractivity contribution < 1.29 is 9.53 Å². The highest BCUT2D eigenvalue weighted by Crippen LogP contribution is 2.33. The number of hydrogen-bond donors (Lipinski definition) is 2. The van der Waals surface area contributed by atoms with Crippen LogP contribution in [0.1, 0.15) is 0 Å². The van der Waals surface area contributed by atoms with Crippen molar-refractivity contribution in [1.29, 1.82) is 0 Å². The quantitative estimate of drug-likeness (QED) is 0.314. The molecule has 0 atom stereocenters. The van der Waals surface area contributed by atoms with E-state index in [2.05, 4.69) is 32.2 Å². The normalized spacial score (nSPS) is 10.7. The van der Waals surface area contributed by atoms with Gasteiger partial charge in [-0.1, -0.05) is 12.6 Å². The first-order valence-corrected chi connectivity index (χ1v) is 10.9. The molecule has 2 aromatic carbocycles. The fraction of sp³-hybridized carbons (Fsp3) is 0. The van der Waals surface area contributed by atoms with Gasteiger partial charge in [0, 0.05) is 35.5 Å². The fourth-order valence-electron chi connectivity index (χ4n) is 3.16. The topological polar surface area (TPSA) is 94.0 Å². The van der Waals surface area contributed by atoms with Crippen LogP contribution in [0.2, 0.25) is 0 Å². The van der Waals surface area contributed by atoms with Crippen molar-refractivity contribution in [3.05, 3.63) is 91.4 Å². The van der Waals surface area contributed by atoms with Crippen molar-refractivity contribution in [2.24, 2.45) is 0 Å². The van der Waals surface area contributed by atoms with Crippen LogP contribution in [0.5, 0.6) is 11.6 Å². The maximum Gasteiger partial charge on any atom is 0.247 e. The zero-order valence-corrected chi connectivity index (χ0v) is 18.1. The largest absolute Gasteiger partial charge is 0.437 e. The summed E-state index contributed by atoms with van der Waals surface area (Å²) in [6.07, 6.45) is 6.59. The third-order valence-corrected chi connectivity index (χ3v) is 5.59. The number of aromatic nitrogens is 4. The summed E-state index contributed by atoms with van der Waals surface area (Å²) in [5, 5.41) is 7.90.